The van der Waals surface area contributed by atoms with Gasteiger partial charge < -0.3 is 5.32 Å². The monoisotopic (exact) mass is 500 g/mol. The van der Waals surface area contributed by atoms with Gasteiger partial charge >= 0.3 is 0 Å². The van der Waals surface area contributed by atoms with Crippen molar-refractivity contribution in [3.05, 3.63) is 65.7 Å². The average molecular weight is 501 g/mol. The van der Waals surface area contributed by atoms with Gasteiger partial charge in [-0.05, 0) is 36.4 Å². The smallest absolute Gasteiger partial charge is 0.242 e. The molecule has 1 fully saturated rings. The molecule has 3 aromatic rings. The Morgan fingerprint density at radius 1 is 1.27 bits per heavy atom. The van der Waals surface area contributed by atoms with Crippen LogP contribution in [0.25, 0.3) is 10.2 Å². The molecule has 0 radical (unpaired) electrons. The van der Waals surface area contributed by atoms with E-state index >= 15 is 0 Å². The number of rotatable bonds is 6. The second-order valence-electron chi connectivity index (χ2n) is 6.46. The lowest BCUT2D eigenvalue weighted by atomic mass is 10.2. The number of nitrogens with one attached hydrogen (secondary N) is 1. The first-order chi connectivity index (χ1) is 14.5. The van der Waals surface area contributed by atoms with Crippen molar-refractivity contribution in [3.8, 4) is 0 Å². The van der Waals surface area contributed by atoms with Crippen LogP contribution in [0.5, 0.6) is 0 Å². The summed E-state index contributed by atoms with van der Waals surface area (Å²) in [4.78, 5) is 36.0. The Kier molecular flexibility index (Phi) is 6.31. The summed E-state index contributed by atoms with van der Waals surface area (Å²) in [5.41, 5.74) is 1.56. The maximum absolute atomic E-state index is 12.9. The second-order valence-corrected chi connectivity index (χ2v) is 9.56. The van der Waals surface area contributed by atoms with Gasteiger partial charge in [-0.15, -0.1) is 6.58 Å². The molecule has 1 aromatic heterocycles. The van der Waals surface area contributed by atoms with Gasteiger partial charge in [0, 0.05) is 23.1 Å². The summed E-state index contributed by atoms with van der Waals surface area (Å²) < 4.78 is 1.96. The first-order valence-electron chi connectivity index (χ1n) is 9.12. The van der Waals surface area contributed by atoms with E-state index in [1.807, 2.05) is 36.4 Å². The normalized spacial score (nSPS) is 17.6. The minimum absolute atomic E-state index is 0.0616. The highest BCUT2D eigenvalue weighted by Gasteiger charge is 2.38. The number of hydrogen-bond acceptors (Lipinski definition) is 6. The predicted molar refractivity (Wildman–Crippen MR) is 127 cm³/mol. The van der Waals surface area contributed by atoms with Crippen molar-refractivity contribution in [2.75, 3.05) is 11.9 Å². The molecule has 1 aliphatic heterocycles. The number of fused-ring (bicyclic) bond motifs is 1. The van der Waals surface area contributed by atoms with Crippen LogP contribution in [-0.2, 0) is 9.59 Å². The largest absolute Gasteiger partial charge is 0.326 e. The van der Waals surface area contributed by atoms with E-state index in [9.17, 15) is 9.59 Å². The zero-order valence-corrected chi connectivity index (χ0v) is 19.0. The first-order valence-corrected chi connectivity index (χ1v) is 11.6. The zero-order chi connectivity index (χ0) is 21.1. The van der Waals surface area contributed by atoms with E-state index < -0.39 is 5.25 Å². The molecule has 2 heterocycles. The topological polar surface area (TPSA) is 74.7 Å². The van der Waals surface area contributed by atoms with Gasteiger partial charge in [0.1, 0.15) is 5.25 Å². The Bertz CT molecular complexity index is 1110. The van der Waals surface area contributed by atoms with Crippen LogP contribution >= 0.6 is 39.0 Å². The maximum Gasteiger partial charge on any atom is 0.242 e. The van der Waals surface area contributed by atoms with Crippen molar-refractivity contribution in [1.82, 2.24) is 9.88 Å². The number of thiazole rings is 1. The zero-order valence-electron chi connectivity index (χ0n) is 15.7. The number of nitrogens with zero attached hydrogens (tertiary/aromatic N) is 3. The SMILES string of the molecule is C=CCN1C(=O)C(CC(=O)Nc2ccc(Br)cc2)SC1=Nc1nc2ccccc2s1. The number of anilines is 1. The lowest BCUT2D eigenvalue weighted by molar-refractivity contribution is -0.127. The van der Waals surface area contributed by atoms with Crippen molar-refractivity contribution in [2.45, 2.75) is 11.7 Å². The Labute approximate surface area is 190 Å². The number of thioether (sulfide) groups is 1. The second kappa shape index (κ2) is 9.11. The van der Waals surface area contributed by atoms with Crippen molar-refractivity contribution in [3.63, 3.8) is 0 Å². The van der Waals surface area contributed by atoms with E-state index in [4.69, 9.17) is 0 Å². The molecule has 2 amide bonds. The molecule has 1 aliphatic rings. The third kappa shape index (κ3) is 4.63. The van der Waals surface area contributed by atoms with Gasteiger partial charge in [0.2, 0.25) is 16.9 Å². The van der Waals surface area contributed by atoms with E-state index in [0.717, 1.165) is 14.7 Å². The lowest BCUT2D eigenvalue weighted by Gasteiger charge is -2.13. The van der Waals surface area contributed by atoms with Gasteiger partial charge in [-0.25, -0.2) is 4.98 Å². The van der Waals surface area contributed by atoms with Crippen LogP contribution in [0.15, 0.2) is 70.7 Å². The number of benzene rings is 2. The van der Waals surface area contributed by atoms with Crippen LogP contribution in [-0.4, -0.2) is 38.7 Å². The van der Waals surface area contributed by atoms with Gasteiger partial charge in [-0.1, -0.05) is 57.2 Å². The lowest BCUT2D eigenvalue weighted by Crippen LogP contribution is -2.33. The molecular weight excluding hydrogens is 484 g/mol. The number of aliphatic imine (C=N–C) groups is 1. The minimum atomic E-state index is -0.534. The summed E-state index contributed by atoms with van der Waals surface area (Å²) in [6, 6.07) is 15.1. The minimum Gasteiger partial charge on any atom is -0.326 e. The molecular formula is C21H17BrN4O2S2. The van der Waals surface area contributed by atoms with E-state index in [1.54, 1.807) is 23.1 Å². The van der Waals surface area contributed by atoms with Crippen molar-refractivity contribution in [1.29, 1.82) is 0 Å². The van der Waals surface area contributed by atoms with Crippen molar-refractivity contribution in [2.24, 2.45) is 4.99 Å². The highest BCUT2D eigenvalue weighted by atomic mass is 79.9. The number of amidine groups is 1. The highest BCUT2D eigenvalue weighted by Crippen LogP contribution is 2.34. The van der Waals surface area contributed by atoms with Crippen molar-refractivity contribution < 1.29 is 9.59 Å². The number of hydrogen-bond donors (Lipinski definition) is 1. The van der Waals surface area contributed by atoms with Gasteiger partial charge in [-0.3, -0.25) is 14.5 Å². The molecule has 152 valence electrons. The molecule has 1 N–H and O–H groups in total. The molecule has 0 spiro atoms. The predicted octanol–water partition coefficient (Wildman–Crippen LogP) is 5.21. The molecule has 1 saturated heterocycles. The van der Waals surface area contributed by atoms with E-state index in [0.29, 0.717) is 22.5 Å². The Morgan fingerprint density at radius 2 is 2.03 bits per heavy atom. The number of aromatic nitrogens is 1. The summed E-state index contributed by atoms with van der Waals surface area (Å²) in [5, 5.41) is 3.42. The molecule has 1 atom stereocenters. The summed E-state index contributed by atoms with van der Waals surface area (Å²) in [6.45, 7) is 4.06. The average Bonchev–Trinajstić information content (AvgIpc) is 3.26. The summed E-state index contributed by atoms with van der Waals surface area (Å²) >= 11 is 6.12. The quantitative estimate of drug-likeness (QED) is 0.471. The van der Waals surface area contributed by atoms with Gasteiger partial charge in [-0.2, -0.15) is 4.99 Å². The van der Waals surface area contributed by atoms with Crippen LogP contribution in [0, 0.1) is 0 Å². The Morgan fingerprint density at radius 3 is 2.77 bits per heavy atom. The van der Waals surface area contributed by atoms with Gasteiger partial charge in [0.15, 0.2) is 5.17 Å². The standard InChI is InChI=1S/C21H17BrN4O2S2/c1-2-11-26-19(28)17(12-18(27)23-14-9-7-13(22)8-10-14)30-21(26)25-20-24-15-5-3-4-6-16(15)29-20/h2-10,17H,1,11-12H2,(H,23,27). The first kappa shape index (κ1) is 20.8. The summed E-state index contributed by atoms with van der Waals surface area (Å²) in [6.07, 6.45) is 1.71. The number of para-hydroxylation sites is 1. The van der Waals surface area contributed by atoms with Crippen LogP contribution in [0.4, 0.5) is 10.8 Å². The van der Waals surface area contributed by atoms with Crippen LogP contribution in [0.1, 0.15) is 6.42 Å². The van der Waals surface area contributed by atoms with Crippen LogP contribution < -0.4 is 5.32 Å². The third-order valence-corrected chi connectivity index (χ3v) is 6.94. The maximum atomic E-state index is 12.9. The molecule has 30 heavy (non-hydrogen) atoms. The summed E-state index contributed by atoms with van der Waals surface area (Å²) in [5.74, 6) is -0.367. The number of carbonyl (C=O) groups excluding carboxylic acids is 2. The van der Waals surface area contributed by atoms with E-state index in [1.165, 1.54) is 23.1 Å². The number of amides is 2. The Balaban J connectivity index is 1.51. The fourth-order valence-corrected chi connectivity index (χ4v) is 5.23. The molecule has 6 nitrogen and oxygen atoms in total. The molecule has 2 aromatic carbocycles. The molecule has 9 heteroatoms. The third-order valence-electron chi connectivity index (χ3n) is 4.30. The van der Waals surface area contributed by atoms with Crippen molar-refractivity contribution >= 4 is 77.0 Å². The van der Waals surface area contributed by atoms with Gasteiger partial charge in [0.05, 0.1) is 10.2 Å². The molecule has 0 bridgehead atoms. The van der Waals surface area contributed by atoms with Crippen LogP contribution in [0.3, 0.4) is 0 Å². The van der Waals surface area contributed by atoms with Gasteiger partial charge in [0.25, 0.3) is 0 Å². The molecule has 4 rings (SSSR count). The molecule has 0 saturated carbocycles. The van der Waals surface area contributed by atoms with E-state index in [-0.39, 0.29) is 18.2 Å². The number of carbonyl (C=O) groups is 2. The molecule has 1 unspecified atom stereocenters. The fourth-order valence-electron chi connectivity index (χ4n) is 2.93. The van der Waals surface area contributed by atoms with E-state index in [2.05, 4.69) is 37.8 Å². The Hall–Kier alpha value is -2.49. The number of halogens is 1. The molecule has 0 aliphatic carbocycles. The highest BCUT2D eigenvalue weighted by molar-refractivity contribution is 9.10. The van der Waals surface area contributed by atoms with Crippen LogP contribution in [0.2, 0.25) is 0 Å². The fraction of sp³-hybridized carbons (Fsp3) is 0.143. The summed E-state index contributed by atoms with van der Waals surface area (Å²) in [7, 11) is 0.